The molecule has 0 aliphatic carbocycles. The fraction of sp³-hybridized carbons (Fsp3) is 0.222. The molecular formula is C9H10BrNO2. The Labute approximate surface area is 85.2 Å². The SMILES string of the molecule is COc1ccc(/C(CBr)=N\O)cc1. The predicted octanol–water partition coefficient (Wildman–Crippen LogP) is 2.27. The van der Waals surface area contributed by atoms with Gasteiger partial charge < -0.3 is 9.94 Å². The normalized spacial score (nSPS) is 11.4. The molecule has 0 heterocycles. The van der Waals surface area contributed by atoms with Crippen molar-refractivity contribution in [3.63, 3.8) is 0 Å². The highest BCUT2D eigenvalue weighted by Gasteiger charge is 2.01. The van der Waals surface area contributed by atoms with E-state index >= 15 is 0 Å². The van der Waals surface area contributed by atoms with E-state index in [9.17, 15) is 0 Å². The largest absolute Gasteiger partial charge is 0.497 e. The van der Waals surface area contributed by atoms with E-state index in [-0.39, 0.29) is 0 Å². The number of alkyl halides is 1. The van der Waals surface area contributed by atoms with E-state index in [1.165, 1.54) is 0 Å². The lowest BCUT2D eigenvalue weighted by Gasteiger charge is -2.02. The highest BCUT2D eigenvalue weighted by atomic mass is 79.9. The van der Waals surface area contributed by atoms with Crippen LogP contribution in [-0.2, 0) is 0 Å². The average Bonchev–Trinajstić information content (AvgIpc) is 2.21. The van der Waals surface area contributed by atoms with E-state index in [1.807, 2.05) is 24.3 Å². The smallest absolute Gasteiger partial charge is 0.118 e. The van der Waals surface area contributed by atoms with Gasteiger partial charge in [-0.2, -0.15) is 0 Å². The van der Waals surface area contributed by atoms with Crippen molar-refractivity contribution in [3.05, 3.63) is 29.8 Å². The van der Waals surface area contributed by atoms with Gasteiger partial charge in [0.05, 0.1) is 12.8 Å². The third kappa shape index (κ3) is 2.45. The molecule has 0 saturated heterocycles. The van der Waals surface area contributed by atoms with E-state index < -0.39 is 0 Å². The van der Waals surface area contributed by atoms with Crippen LogP contribution < -0.4 is 4.74 Å². The second kappa shape index (κ2) is 4.87. The van der Waals surface area contributed by atoms with Gasteiger partial charge in [-0.15, -0.1) is 0 Å². The Morgan fingerprint density at radius 3 is 2.46 bits per heavy atom. The van der Waals surface area contributed by atoms with Gasteiger partial charge in [0.2, 0.25) is 0 Å². The van der Waals surface area contributed by atoms with Gasteiger partial charge in [0.25, 0.3) is 0 Å². The Kier molecular flexibility index (Phi) is 3.76. The molecule has 70 valence electrons. The molecule has 4 heteroatoms. The van der Waals surface area contributed by atoms with E-state index in [1.54, 1.807) is 7.11 Å². The van der Waals surface area contributed by atoms with Crippen LogP contribution in [0, 0.1) is 0 Å². The highest BCUT2D eigenvalue weighted by Crippen LogP contribution is 2.12. The van der Waals surface area contributed by atoms with Crippen LogP contribution >= 0.6 is 15.9 Å². The number of benzene rings is 1. The lowest BCUT2D eigenvalue weighted by molar-refractivity contribution is 0.319. The van der Waals surface area contributed by atoms with Gasteiger partial charge in [0, 0.05) is 10.9 Å². The Bertz CT molecular complexity index is 295. The zero-order chi connectivity index (χ0) is 9.68. The molecule has 3 nitrogen and oxygen atoms in total. The molecule has 1 rings (SSSR count). The molecule has 0 amide bonds. The molecular weight excluding hydrogens is 234 g/mol. The maximum Gasteiger partial charge on any atom is 0.118 e. The molecule has 1 aromatic carbocycles. The Morgan fingerprint density at radius 1 is 1.46 bits per heavy atom. The van der Waals surface area contributed by atoms with Crippen molar-refractivity contribution < 1.29 is 9.94 Å². The first-order valence-electron chi connectivity index (χ1n) is 3.73. The van der Waals surface area contributed by atoms with Crippen LogP contribution in [0.25, 0.3) is 0 Å². The molecule has 0 unspecified atom stereocenters. The number of rotatable bonds is 3. The summed E-state index contributed by atoms with van der Waals surface area (Å²) in [5.74, 6) is 0.788. The number of methoxy groups -OCH3 is 1. The monoisotopic (exact) mass is 243 g/mol. The first-order valence-corrected chi connectivity index (χ1v) is 4.85. The molecule has 1 aromatic rings. The van der Waals surface area contributed by atoms with Gasteiger partial charge in [-0.05, 0) is 24.3 Å². The van der Waals surface area contributed by atoms with Crippen LogP contribution in [-0.4, -0.2) is 23.4 Å². The minimum Gasteiger partial charge on any atom is -0.497 e. The fourth-order valence-electron chi connectivity index (χ4n) is 0.945. The van der Waals surface area contributed by atoms with Crippen LogP contribution in [0.5, 0.6) is 5.75 Å². The van der Waals surface area contributed by atoms with E-state index in [0.717, 1.165) is 11.3 Å². The fourth-order valence-corrected chi connectivity index (χ4v) is 1.38. The second-order valence-corrected chi connectivity index (χ2v) is 2.97. The minimum atomic E-state index is 0.524. The summed E-state index contributed by atoms with van der Waals surface area (Å²) >= 11 is 3.23. The summed E-state index contributed by atoms with van der Waals surface area (Å²) < 4.78 is 5.00. The summed E-state index contributed by atoms with van der Waals surface area (Å²) in [4.78, 5) is 0. The molecule has 0 fully saturated rings. The number of oxime groups is 1. The predicted molar refractivity (Wildman–Crippen MR) is 55.1 cm³/mol. The highest BCUT2D eigenvalue weighted by molar-refractivity contribution is 9.09. The Morgan fingerprint density at radius 2 is 2.08 bits per heavy atom. The maximum atomic E-state index is 8.63. The third-order valence-electron chi connectivity index (χ3n) is 1.67. The van der Waals surface area contributed by atoms with Gasteiger partial charge in [0.1, 0.15) is 5.75 Å². The zero-order valence-electron chi connectivity index (χ0n) is 7.20. The molecule has 0 aliphatic heterocycles. The summed E-state index contributed by atoms with van der Waals surface area (Å²) in [6, 6.07) is 7.33. The van der Waals surface area contributed by atoms with Gasteiger partial charge >= 0.3 is 0 Å². The molecule has 0 saturated carbocycles. The number of nitrogens with zero attached hydrogens (tertiary/aromatic N) is 1. The van der Waals surface area contributed by atoms with Crippen molar-refractivity contribution in [2.24, 2.45) is 5.16 Å². The van der Waals surface area contributed by atoms with Crippen molar-refractivity contribution in [2.45, 2.75) is 0 Å². The maximum absolute atomic E-state index is 8.63. The van der Waals surface area contributed by atoms with E-state index in [4.69, 9.17) is 9.94 Å². The topological polar surface area (TPSA) is 41.8 Å². The van der Waals surface area contributed by atoms with Gasteiger partial charge in [-0.25, -0.2) is 0 Å². The number of ether oxygens (including phenoxy) is 1. The van der Waals surface area contributed by atoms with Crippen molar-refractivity contribution >= 4 is 21.6 Å². The van der Waals surface area contributed by atoms with Crippen LogP contribution in [0.1, 0.15) is 5.56 Å². The Balaban J connectivity index is 2.91. The van der Waals surface area contributed by atoms with Gasteiger partial charge in [0.15, 0.2) is 0 Å². The Hall–Kier alpha value is -1.03. The summed E-state index contributed by atoms with van der Waals surface area (Å²) in [6.07, 6.45) is 0. The summed E-state index contributed by atoms with van der Waals surface area (Å²) in [6.45, 7) is 0. The minimum absolute atomic E-state index is 0.524. The standard InChI is InChI=1S/C9H10BrNO2/c1-13-8-4-2-7(3-5-8)9(6-10)11-12/h2-5,12H,6H2,1H3/b11-9-. The summed E-state index contributed by atoms with van der Waals surface area (Å²) in [7, 11) is 1.61. The van der Waals surface area contributed by atoms with Crippen molar-refractivity contribution in [1.82, 2.24) is 0 Å². The summed E-state index contributed by atoms with van der Waals surface area (Å²) in [5.41, 5.74) is 1.47. The first-order chi connectivity index (χ1) is 6.31. The molecule has 0 radical (unpaired) electrons. The molecule has 0 aromatic heterocycles. The van der Waals surface area contributed by atoms with Crippen molar-refractivity contribution in [2.75, 3.05) is 12.4 Å². The molecule has 0 spiro atoms. The van der Waals surface area contributed by atoms with Crippen molar-refractivity contribution in [1.29, 1.82) is 0 Å². The first kappa shape index (κ1) is 10.1. The number of halogens is 1. The molecule has 0 atom stereocenters. The van der Waals surface area contributed by atoms with E-state index in [2.05, 4.69) is 21.1 Å². The molecule has 0 bridgehead atoms. The van der Waals surface area contributed by atoms with Crippen LogP contribution in [0.15, 0.2) is 29.4 Å². The lowest BCUT2D eigenvalue weighted by atomic mass is 10.1. The van der Waals surface area contributed by atoms with Crippen LogP contribution in [0.4, 0.5) is 0 Å². The molecule has 13 heavy (non-hydrogen) atoms. The van der Waals surface area contributed by atoms with Crippen LogP contribution in [0.2, 0.25) is 0 Å². The third-order valence-corrected chi connectivity index (χ3v) is 2.20. The van der Waals surface area contributed by atoms with Gasteiger partial charge in [-0.1, -0.05) is 21.1 Å². The average molecular weight is 244 g/mol. The zero-order valence-corrected chi connectivity index (χ0v) is 8.78. The quantitative estimate of drug-likeness (QED) is 0.383. The van der Waals surface area contributed by atoms with Crippen LogP contribution in [0.3, 0.4) is 0 Å². The second-order valence-electron chi connectivity index (χ2n) is 2.41. The summed E-state index contributed by atoms with van der Waals surface area (Å²) in [5, 5.41) is 12.3. The number of hydrogen-bond acceptors (Lipinski definition) is 3. The molecule has 0 aliphatic rings. The number of hydrogen-bond donors (Lipinski definition) is 1. The molecule has 1 N–H and O–H groups in total. The lowest BCUT2D eigenvalue weighted by Crippen LogP contribution is -2.01. The van der Waals surface area contributed by atoms with E-state index in [0.29, 0.717) is 11.0 Å². The van der Waals surface area contributed by atoms with Crippen molar-refractivity contribution in [3.8, 4) is 5.75 Å². The van der Waals surface area contributed by atoms with Gasteiger partial charge in [-0.3, -0.25) is 0 Å².